The fourth-order valence-electron chi connectivity index (χ4n) is 2.00. The second kappa shape index (κ2) is 5.96. The lowest BCUT2D eigenvalue weighted by atomic mass is 10.1. The summed E-state index contributed by atoms with van der Waals surface area (Å²) in [6.07, 6.45) is 0. The van der Waals surface area contributed by atoms with Crippen molar-refractivity contribution in [2.45, 2.75) is 20.4 Å². The van der Waals surface area contributed by atoms with Crippen molar-refractivity contribution in [3.05, 3.63) is 23.5 Å². The van der Waals surface area contributed by atoms with Gasteiger partial charge in [-0.15, -0.1) is 5.10 Å². The number of halogens is 1. The number of hydrogen-bond acceptors (Lipinski definition) is 5. The Morgan fingerprint density at radius 1 is 1.45 bits per heavy atom. The van der Waals surface area contributed by atoms with Gasteiger partial charge in [0.1, 0.15) is 5.82 Å². The molecule has 2 rings (SSSR count). The minimum atomic E-state index is -0.362. The van der Waals surface area contributed by atoms with Gasteiger partial charge in [-0.1, -0.05) is 6.92 Å². The van der Waals surface area contributed by atoms with Crippen molar-refractivity contribution in [2.24, 2.45) is 5.92 Å². The molecule has 1 atom stereocenters. The highest BCUT2D eigenvalue weighted by Gasteiger charge is 2.14. The maximum absolute atomic E-state index is 13.8. The number of rotatable bonds is 5. The van der Waals surface area contributed by atoms with Crippen LogP contribution >= 0.6 is 0 Å². The lowest BCUT2D eigenvalue weighted by molar-refractivity contribution is 0.149. The average molecular weight is 279 g/mol. The molecule has 20 heavy (non-hydrogen) atoms. The maximum Gasteiger partial charge on any atom is 0.182 e. The fraction of sp³-hybridized carbons (Fsp3) is 0.462. The third kappa shape index (κ3) is 2.93. The molecule has 1 heterocycles. The van der Waals surface area contributed by atoms with Gasteiger partial charge >= 0.3 is 0 Å². The van der Waals surface area contributed by atoms with E-state index in [1.165, 1.54) is 6.07 Å². The van der Waals surface area contributed by atoms with E-state index >= 15 is 0 Å². The minimum Gasteiger partial charge on any atom is -0.398 e. The van der Waals surface area contributed by atoms with E-state index in [1.807, 2.05) is 6.92 Å². The Kier molecular flexibility index (Phi) is 4.29. The Labute approximate surface area is 116 Å². The number of nitrogens with two attached hydrogens (primary N) is 1. The van der Waals surface area contributed by atoms with Gasteiger partial charge in [0.15, 0.2) is 5.82 Å². The first kappa shape index (κ1) is 14.4. The molecule has 0 bridgehead atoms. The van der Waals surface area contributed by atoms with Gasteiger partial charge in [0.2, 0.25) is 0 Å². The van der Waals surface area contributed by atoms with Crippen LogP contribution in [0.2, 0.25) is 0 Å². The SMILES string of the molecule is COCC(C)Cn1nnnc1-c1cc(N)c(C)c(F)c1. The predicted molar refractivity (Wildman–Crippen MR) is 73.4 cm³/mol. The zero-order valence-electron chi connectivity index (χ0n) is 11.8. The molecule has 0 spiro atoms. The Bertz CT molecular complexity index is 575. The zero-order chi connectivity index (χ0) is 14.7. The molecular formula is C13H18FN5O. The Hall–Kier alpha value is -2.02. The van der Waals surface area contributed by atoms with E-state index in [-0.39, 0.29) is 11.7 Å². The van der Waals surface area contributed by atoms with Gasteiger partial charge in [0, 0.05) is 30.5 Å². The van der Waals surface area contributed by atoms with E-state index in [0.29, 0.717) is 35.8 Å². The van der Waals surface area contributed by atoms with Crippen LogP contribution in [0.1, 0.15) is 12.5 Å². The van der Waals surface area contributed by atoms with E-state index in [4.69, 9.17) is 10.5 Å². The van der Waals surface area contributed by atoms with Gasteiger partial charge in [0.25, 0.3) is 0 Å². The summed E-state index contributed by atoms with van der Waals surface area (Å²) in [7, 11) is 1.65. The van der Waals surface area contributed by atoms with E-state index in [0.717, 1.165) is 0 Å². The molecule has 0 fully saturated rings. The molecule has 1 aromatic heterocycles. The molecule has 6 nitrogen and oxygen atoms in total. The normalized spacial score (nSPS) is 12.6. The number of methoxy groups -OCH3 is 1. The molecule has 0 amide bonds. The van der Waals surface area contributed by atoms with Crippen LogP contribution in [0.15, 0.2) is 12.1 Å². The number of anilines is 1. The maximum atomic E-state index is 13.8. The Morgan fingerprint density at radius 3 is 2.85 bits per heavy atom. The topological polar surface area (TPSA) is 78.8 Å². The molecule has 2 aromatic rings. The summed E-state index contributed by atoms with van der Waals surface area (Å²) in [5.74, 6) is 0.382. The van der Waals surface area contributed by atoms with E-state index < -0.39 is 0 Å². The first-order chi connectivity index (χ1) is 9.52. The van der Waals surface area contributed by atoms with Crippen LogP contribution in [0.4, 0.5) is 10.1 Å². The number of tetrazole rings is 1. The van der Waals surface area contributed by atoms with Gasteiger partial charge in [0.05, 0.1) is 6.61 Å². The molecule has 2 N–H and O–H groups in total. The largest absolute Gasteiger partial charge is 0.398 e. The number of hydrogen-bond donors (Lipinski definition) is 1. The van der Waals surface area contributed by atoms with Crippen LogP contribution in [-0.2, 0) is 11.3 Å². The fourth-order valence-corrected chi connectivity index (χ4v) is 2.00. The predicted octanol–water partition coefficient (Wildman–Crippen LogP) is 1.65. The molecular weight excluding hydrogens is 261 g/mol. The molecule has 1 aromatic carbocycles. The first-order valence-corrected chi connectivity index (χ1v) is 6.34. The molecule has 7 heteroatoms. The summed E-state index contributed by atoms with van der Waals surface area (Å²) in [4.78, 5) is 0. The lowest BCUT2D eigenvalue weighted by Gasteiger charge is -2.12. The minimum absolute atomic E-state index is 0.245. The molecule has 0 saturated heterocycles. The van der Waals surface area contributed by atoms with E-state index in [1.54, 1.807) is 24.8 Å². The number of benzene rings is 1. The van der Waals surface area contributed by atoms with Crippen LogP contribution in [0.3, 0.4) is 0 Å². The van der Waals surface area contributed by atoms with Gasteiger partial charge < -0.3 is 10.5 Å². The summed E-state index contributed by atoms with van der Waals surface area (Å²) in [5.41, 5.74) is 7.18. The van der Waals surface area contributed by atoms with Crippen LogP contribution in [0.25, 0.3) is 11.4 Å². The van der Waals surface area contributed by atoms with Crippen molar-refractivity contribution in [1.29, 1.82) is 0 Å². The van der Waals surface area contributed by atoms with Crippen LogP contribution in [-0.4, -0.2) is 33.9 Å². The number of nitrogens with zero attached hydrogens (tertiary/aromatic N) is 4. The molecule has 0 radical (unpaired) electrons. The third-order valence-corrected chi connectivity index (χ3v) is 3.11. The highest BCUT2D eigenvalue weighted by atomic mass is 19.1. The first-order valence-electron chi connectivity index (χ1n) is 6.34. The third-order valence-electron chi connectivity index (χ3n) is 3.11. The second-order valence-electron chi connectivity index (χ2n) is 4.92. The highest BCUT2D eigenvalue weighted by Crippen LogP contribution is 2.24. The van der Waals surface area contributed by atoms with Crippen molar-refractivity contribution in [2.75, 3.05) is 19.5 Å². The van der Waals surface area contributed by atoms with E-state index in [9.17, 15) is 4.39 Å². The number of aromatic nitrogens is 4. The van der Waals surface area contributed by atoms with Crippen molar-refractivity contribution in [3.63, 3.8) is 0 Å². The van der Waals surface area contributed by atoms with Crippen LogP contribution < -0.4 is 5.73 Å². The van der Waals surface area contributed by atoms with Crippen molar-refractivity contribution in [3.8, 4) is 11.4 Å². The summed E-state index contributed by atoms with van der Waals surface area (Å²) in [6.45, 7) is 4.85. The second-order valence-corrected chi connectivity index (χ2v) is 4.92. The monoisotopic (exact) mass is 279 g/mol. The lowest BCUT2D eigenvalue weighted by Crippen LogP contribution is -2.15. The molecule has 108 valence electrons. The standard InChI is InChI=1S/C13H18FN5O/c1-8(7-20-3)6-19-13(16-17-18-19)10-4-11(14)9(2)12(15)5-10/h4-5,8H,6-7,15H2,1-3H3. The highest BCUT2D eigenvalue weighted by molar-refractivity contribution is 5.63. The van der Waals surface area contributed by atoms with Crippen molar-refractivity contribution in [1.82, 2.24) is 20.2 Å². The smallest absolute Gasteiger partial charge is 0.182 e. The average Bonchev–Trinajstić information content (AvgIpc) is 2.83. The van der Waals surface area contributed by atoms with Gasteiger partial charge in [-0.3, -0.25) is 0 Å². The molecule has 0 aliphatic rings. The van der Waals surface area contributed by atoms with Gasteiger partial charge in [-0.25, -0.2) is 9.07 Å². The van der Waals surface area contributed by atoms with Crippen LogP contribution in [0, 0.1) is 18.7 Å². The number of nitrogen functional groups attached to an aromatic ring is 1. The molecule has 1 unspecified atom stereocenters. The van der Waals surface area contributed by atoms with E-state index in [2.05, 4.69) is 15.5 Å². The van der Waals surface area contributed by atoms with Gasteiger partial charge in [-0.05, 0) is 35.4 Å². The summed E-state index contributed by atoms with van der Waals surface area (Å²) in [6, 6.07) is 3.08. The zero-order valence-corrected chi connectivity index (χ0v) is 11.8. The number of ether oxygens (including phenoxy) is 1. The van der Waals surface area contributed by atoms with Crippen molar-refractivity contribution >= 4 is 5.69 Å². The van der Waals surface area contributed by atoms with Crippen LogP contribution in [0.5, 0.6) is 0 Å². The van der Waals surface area contributed by atoms with Gasteiger partial charge in [-0.2, -0.15) is 0 Å². The Morgan fingerprint density at radius 2 is 2.20 bits per heavy atom. The molecule has 0 saturated carbocycles. The summed E-state index contributed by atoms with van der Waals surface area (Å²) >= 11 is 0. The molecule has 0 aliphatic heterocycles. The summed E-state index contributed by atoms with van der Waals surface area (Å²) in [5, 5.41) is 11.5. The van der Waals surface area contributed by atoms with Crippen molar-refractivity contribution < 1.29 is 9.13 Å². The summed E-state index contributed by atoms with van der Waals surface area (Å²) < 4.78 is 20.5. The Balaban J connectivity index is 2.32. The quantitative estimate of drug-likeness (QED) is 0.842. The molecule has 0 aliphatic carbocycles.